The van der Waals surface area contributed by atoms with Crippen molar-refractivity contribution in [3.63, 3.8) is 0 Å². The summed E-state index contributed by atoms with van der Waals surface area (Å²) in [5, 5.41) is 4.27. The average Bonchev–Trinajstić information content (AvgIpc) is 3.13. The minimum atomic E-state index is 0.781. The molecule has 0 saturated heterocycles. The molecule has 1 aromatic heterocycles. The van der Waals surface area contributed by atoms with Gasteiger partial charge >= 0.3 is 0 Å². The van der Waals surface area contributed by atoms with Crippen LogP contribution >= 0.6 is 0 Å². The second-order valence-corrected chi connectivity index (χ2v) is 5.35. The Kier molecular flexibility index (Phi) is 3.49. The maximum Gasteiger partial charge on any atom is 0.167 e. The fraction of sp³-hybridized carbons (Fsp3) is 0. The smallest absolute Gasteiger partial charge is 0.167 e. The van der Waals surface area contributed by atoms with Crippen molar-refractivity contribution in [2.24, 2.45) is 0 Å². The Bertz CT molecular complexity index is 911. The van der Waals surface area contributed by atoms with Crippen LogP contribution in [0, 0.1) is 0 Å². The molecule has 4 aromatic rings. The van der Waals surface area contributed by atoms with Gasteiger partial charge in [-0.15, -0.1) is 0 Å². The summed E-state index contributed by atoms with van der Waals surface area (Å²) in [5.74, 6) is 0.781. The van der Waals surface area contributed by atoms with E-state index in [0.29, 0.717) is 0 Å². The lowest BCUT2D eigenvalue weighted by atomic mass is 9.97. The highest BCUT2D eigenvalue weighted by atomic mass is 16.5. The van der Waals surface area contributed by atoms with Crippen LogP contribution in [0.5, 0.6) is 0 Å². The summed E-state index contributed by atoms with van der Waals surface area (Å²) in [7, 11) is 0. The molecule has 0 atom stereocenters. The van der Waals surface area contributed by atoms with E-state index < -0.39 is 0 Å². The molecule has 0 saturated carbocycles. The number of benzene rings is 3. The summed E-state index contributed by atoms with van der Waals surface area (Å²) in [6.07, 6.45) is 0. The lowest BCUT2D eigenvalue weighted by molar-refractivity contribution is 0.435. The molecule has 0 aliphatic rings. The second-order valence-electron chi connectivity index (χ2n) is 5.35. The monoisotopic (exact) mass is 297 g/mol. The van der Waals surface area contributed by atoms with Crippen molar-refractivity contribution in [3.8, 4) is 33.7 Å². The summed E-state index contributed by atoms with van der Waals surface area (Å²) in [6, 6.07) is 30.6. The Labute approximate surface area is 135 Å². The van der Waals surface area contributed by atoms with Crippen LogP contribution in [0.15, 0.2) is 95.5 Å². The summed E-state index contributed by atoms with van der Waals surface area (Å²) < 4.78 is 5.55. The molecular formula is C21H15NO. The molecular weight excluding hydrogens is 282 g/mol. The van der Waals surface area contributed by atoms with Gasteiger partial charge in [-0.2, -0.15) is 0 Å². The topological polar surface area (TPSA) is 26.0 Å². The van der Waals surface area contributed by atoms with Crippen molar-refractivity contribution in [3.05, 3.63) is 91.0 Å². The van der Waals surface area contributed by atoms with Crippen LogP contribution in [0.25, 0.3) is 33.7 Å². The van der Waals surface area contributed by atoms with Crippen LogP contribution in [0.3, 0.4) is 0 Å². The zero-order valence-electron chi connectivity index (χ0n) is 12.5. The Balaban J connectivity index is 1.79. The van der Waals surface area contributed by atoms with E-state index in [4.69, 9.17) is 4.52 Å². The summed E-state index contributed by atoms with van der Waals surface area (Å²) >= 11 is 0. The molecule has 1 heterocycles. The van der Waals surface area contributed by atoms with Crippen molar-refractivity contribution in [1.82, 2.24) is 5.16 Å². The number of hydrogen-bond acceptors (Lipinski definition) is 2. The lowest BCUT2D eigenvalue weighted by Gasteiger charge is -2.06. The van der Waals surface area contributed by atoms with Gasteiger partial charge in [0, 0.05) is 17.2 Å². The maximum absolute atomic E-state index is 5.55. The predicted octanol–water partition coefficient (Wildman–Crippen LogP) is 5.68. The van der Waals surface area contributed by atoms with Crippen LogP contribution in [-0.2, 0) is 0 Å². The van der Waals surface area contributed by atoms with E-state index in [0.717, 1.165) is 28.1 Å². The van der Waals surface area contributed by atoms with E-state index in [1.807, 2.05) is 66.7 Å². The molecule has 110 valence electrons. The SMILES string of the molecule is c1ccc(-c2cc(-c3ccccc3-c3ccccc3)no2)cc1. The third kappa shape index (κ3) is 2.67. The first-order valence-corrected chi connectivity index (χ1v) is 7.59. The molecule has 0 unspecified atom stereocenters. The van der Waals surface area contributed by atoms with Crippen molar-refractivity contribution >= 4 is 0 Å². The fourth-order valence-corrected chi connectivity index (χ4v) is 2.72. The van der Waals surface area contributed by atoms with Crippen molar-refractivity contribution in [2.75, 3.05) is 0 Å². The van der Waals surface area contributed by atoms with Gasteiger partial charge in [0.25, 0.3) is 0 Å². The maximum atomic E-state index is 5.55. The van der Waals surface area contributed by atoms with Crippen molar-refractivity contribution in [1.29, 1.82) is 0 Å². The van der Waals surface area contributed by atoms with E-state index in [9.17, 15) is 0 Å². The van der Waals surface area contributed by atoms with Crippen LogP contribution in [0.1, 0.15) is 0 Å². The number of rotatable bonds is 3. The minimum absolute atomic E-state index is 0.781. The van der Waals surface area contributed by atoms with E-state index in [-0.39, 0.29) is 0 Å². The van der Waals surface area contributed by atoms with Gasteiger partial charge in [-0.05, 0) is 11.1 Å². The molecule has 0 N–H and O–H groups in total. The van der Waals surface area contributed by atoms with Gasteiger partial charge in [0.05, 0.1) is 0 Å². The molecule has 0 bridgehead atoms. The summed E-state index contributed by atoms with van der Waals surface area (Å²) in [4.78, 5) is 0. The predicted molar refractivity (Wildman–Crippen MR) is 92.8 cm³/mol. The van der Waals surface area contributed by atoms with E-state index >= 15 is 0 Å². The third-order valence-corrected chi connectivity index (χ3v) is 3.86. The van der Waals surface area contributed by atoms with Crippen LogP contribution < -0.4 is 0 Å². The van der Waals surface area contributed by atoms with Gasteiger partial charge in [0.2, 0.25) is 0 Å². The lowest BCUT2D eigenvalue weighted by Crippen LogP contribution is -1.84. The van der Waals surface area contributed by atoms with Gasteiger partial charge in [0.15, 0.2) is 5.76 Å². The van der Waals surface area contributed by atoms with Crippen LogP contribution in [-0.4, -0.2) is 5.16 Å². The Hall–Kier alpha value is -3.13. The standard InChI is InChI=1S/C21H15NO/c1-3-9-16(10-4-1)18-13-7-8-14-19(18)20-15-21(23-22-20)17-11-5-2-6-12-17/h1-15H. The number of nitrogens with zero attached hydrogens (tertiary/aromatic N) is 1. The Morgan fingerprint density at radius 2 is 1.13 bits per heavy atom. The molecule has 0 spiro atoms. The molecule has 23 heavy (non-hydrogen) atoms. The Morgan fingerprint density at radius 3 is 1.83 bits per heavy atom. The highest BCUT2D eigenvalue weighted by molar-refractivity contribution is 5.82. The fourth-order valence-electron chi connectivity index (χ4n) is 2.72. The molecule has 0 amide bonds. The first-order chi connectivity index (χ1) is 11.4. The molecule has 2 nitrogen and oxygen atoms in total. The van der Waals surface area contributed by atoms with Gasteiger partial charge in [-0.25, -0.2) is 0 Å². The van der Waals surface area contributed by atoms with Crippen molar-refractivity contribution in [2.45, 2.75) is 0 Å². The molecule has 2 heteroatoms. The molecule has 0 aliphatic carbocycles. The zero-order valence-corrected chi connectivity index (χ0v) is 12.5. The number of hydrogen-bond donors (Lipinski definition) is 0. The van der Waals surface area contributed by atoms with E-state index in [1.165, 1.54) is 5.56 Å². The minimum Gasteiger partial charge on any atom is -0.356 e. The largest absolute Gasteiger partial charge is 0.356 e. The van der Waals surface area contributed by atoms with E-state index in [2.05, 4.69) is 29.4 Å². The van der Waals surface area contributed by atoms with Crippen LogP contribution in [0.2, 0.25) is 0 Å². The Morgan fingerprint density at radius 1 is 0.565 bits per heavy atom. The van der Waals surface area contributed by atoms with E-state index in [1.54, 1.807) is 0 Å². The molecule has 0 radical (unpaired) electrons. The zero-order chi connectivity index (χ0) is 15.5. The van der Waals surface area contributed by atoms with Gasteiger partial charge in [-0.1, -0.05) is 90.1 Å². The molecule has 0 aliphatic heterocycles. The summed E-state index contributed by atoms with van der Waals surface area (Å²) in [6.45, 7) is 0. The van der Waals surface area contributed by atoms with Gasteiger partial charge < -0.3 is 4.52 Å². The third-order valence-electron chi connectivity index (χ3n) is 3.86. The van der Waals surface area contributed by atoms with Crippen molar-refractivity contribution < 1.29 is 4.52 Å². The first-order valence-electron chi connectivity index (χ1n) is 7.59. The van der Waals surface area contributed by atoms with Crippen LogP contribution in [0.4, 0.5) is 0 Å². The molecule has 4 rings (SSSR count). The quantitative estimate of drug-likeness (QED) is 0.486. The molecule has 0 fully saturated rings. The summed E-state index contributed by atoms with van der Waals surface area (Å²) in [5.41, 5.74) is 5.28. The number of aromatic nitrogens is 1. The molecule has 3 aromatic carbocycles. The highest BCUT2D eigenvalue weighted by Crippen LogP contribution is 2.33. The normalized spacial score (nSPS) is 10.6. The van der Waals surface area contributed by atoms with Gasteiger partial charge in [-0.3, -0.25) is 0 Å². The van der Waals surface area contributed by atoms with Gasteiger partial charge in [0.1, 0.15) is 5.69 Å². The average molecular weight is 297 g/mol. The first kappa shape index (κ1) is 13.5. The second kappa shape index (κ2) is 5.93. The highest BCUT2D eigenvalue weighted by Gasteiger charge is 2.12.